The third kappa shape index (κ3) is 4.24. The quantitative estimate of drug-likeness (QED) is 0.589. The van der Waals surface area contributed by atoms with E-state index in [1.54, 1.807) is 25.3 Å². The number of benzene rings is 2. The van der Waals surface area contributed by atoms with Crippen molar-refractivity contribution in [1.29, 1.82) is 5.26 Å². The molecule has 0 saturated heterocycles. The van der Waals surface area contributed by atoms with Gasteiger partial charge in [-0.25, -0.2) is 0 Å². The van der Waals surface area contributed by atoms with Crippen molar-refractivity contribution in [1.82, 2.24) is 0 Å². The largest absolute Gasteiger partial charge is 0.497 e. The van der Waals surface area contributed by atoms with Gasteiger partial charge in [0.15, 0.2) is 0 Å². The van der Waals surface area contributed by atoms with Gasteiger partial charge < -0.3 is 4.74 Å². The van der Waals surface area contributed by atoms with Crippen LogP contribution in [-0.2, 0) is 0 Å². The Morgan fingerprint density at radius 2 is 1.76 bits per heavy atom. The van der Waals surface area contributed by atoms with E-state index >= 15 is 0 Å². The maximum atomic E-state index is 9.21. The Labute approximate surface area is 129 Å². The predicted octanol–water partition coefficient (Wildman–Crippen LogP) is 4.97. The maximum Gasteiger partial charge on any atom is 0.118 e. The molecule has 0 spiro atoms. The van der Waals surface area contributed by atoms with Crippen LogP contribution < -0.4 is 4.74 Å². The van der Waals surface area contributed by atoms with Crippen molar-refractivity contribution in [2.24, 2.45) is 0 Å². The van der Waals surface area contributed by atoms with Crippen LogP contribution in [0.5, 0.6) is 5.75 Å². The molecule has 0 unspecified atom stereocenters. The molecule has 0 radical (unpaired) electrons. The first-order chi connectivity index (χ1) is 10.2. The van der Waals surface area contributed by atoms with Crippen LogP contribution in [0.15, 0.2) is 60.7 Å². The molecular weight excluding hydrogens is 282 g/mol. The van der Waals surface area contributed by atoms with E-state index in [-0.39, 0.29) is 0 Å². The summed E-state index contributed by atoms with van der Waals surface area (Å²) in [6.07, 6.45) is 5.58. The summed E-state index contributed by atoms with van der Waals surface area (Å²) in [5.74, 6) is 0.821. The Bertz CT molecular complexity index is 691. The van der Waals surface area contributed by atoms with E-state index in [4.69, 9.17) is 16.3 Å². The molecule has 3 heteroatoms. The number of nitrogens with zero attached hydrogens (tertiary/aromatic N) is 1. The van der Waals surface area contributed by atoms with Crippen LogP contribution in [0.4, 0.5) is 0 Å². The summed E-state index contributed by atoms with van der Waals surface area (Å²) in [5, 5.41) is 9.87. The van der Waals surface area contributed by atoms with Crippen molar-refractivity contribution < 1.29 is 4.74 Å². The molecule has 0 aromatic heterocycles. The van der Waals surface area contributed by atoms with Gasteiger partial charge in [-0.1, -0.05) is 48.0 Å². The molecule has 0 N–H and O–H groups in total. The fraction of sp³-hybridized carbons (Fsp3) is 0.0556. The van der Waals surface area contributed by atoms with Crippen molar-refractivity contribution in [2.75, 3.05) is 7.11 Å². The van der Waals surface area contributed by atoms with Gasteiger partial charge in [0.2, 0.25) is 0 Å². The normalized spacial score (nSPS) is 11.4. The molecule has 2 nitrogen and oxygen atoms in total. The number of allylic oxidation sites excluding steroid dienone is 3. The van der Waals surface area contributed by atoms with Crippen LogP contribution in [-0.4, -0.2) is 7.11 Å². The molecule has 0 bridgehead atoms. The fourth-order valence-electron chi connectivity index (χ4n) is 1.80. The van der Waals surface area contributed by atoms with E-state index in [9.17, 15) is 5.26 Å². The van der Waals surface area contributed by atoms with Crippen LogP contribution in [0.3, 0.4) is 0 Å². The molecule has 2 aromatic carbocycles. The van der Waals surface area contributed by atoms with Gasteiger partial charge in [-0.15, -0.1) is 0 Å². The minimum Gasteiger partial charge on any atom is -0.497 e. The Morgan fingerprint density at radius 1 is 1.10 bits per heavy atom. The lowest BCUT2D eigenvalue weighted by atomic mass is 10.1. The molecule has 104 valence electrons. The van der Waals surface area contributed by atoms with Crippen molar-refractivity contribution in [2.45, 2.75) is 0 Å². The van der Waals surface area contributed by atoms with Crippen LogP contribution in [0, 0.1) is 11.3 Å². The lowest BCUT2D eigenvalue weighted by Crippen LogP contribution is -1.81. The average Bonchev–Trinajstić information content (AvgIpc) is 2.53. The molecule has 2 rings (SSSR count). The molecule has 21 heavy (non-hydrogen) atoms. The Balaban J connectivity index is 2.15. The van der Waals surface area contributed by atoms with Gasteiger partial charge in [0.1, 0.15) is 5.75 Å². The van der Waals surface area contributed by atoms with E-state index in [0.717, 1.165) is 16.9 Å². The third-order valence-electron chi connectivity index (χ3n) is 2.94. The lowest BCUT2D eigenvalue weighted by molar-refractivity contribution is 0.415. The van der Waals surface area contributed by atoms with E-state index < -0.39 is 0 Å². The second-order valence-electron chi connectivity index (χ2n) is 4.33. The smallest absolute Gasteiger partial charge is 0.118 e. The van der Waals surface area contributed by atoms with Gasteiger partial charge in [-0.05, 0) is 41.5 Å². The average molecular weight is 296 g/mol. The van der Waals surface area contributed by atoms with E-state index in [1.165, 1.54) is 0 Å². The van der Waals surface area contributed by atoms with Crippen LogP contribution in [0.1, 0.15) is 11.1 Å². The summed E-state index contributed by atoms with van der Waals surface area (Å²) in [6, 6.07) is 17.1. The molecule has 0 atom stereocenters. The molecule has 0 fully saturated rings. The summed E-state index contributed by atoms with van der Waals surface area (Å²) in [6.45, 7) is 0. The lowest BCUT2D eigenvalue weighted by Gasteiger charge is -1.99. The first-order valence-electron chi connectivity index (χ1n) is 6.41. The second-order valence-corrected chi connectivity index (χ2v) is 4.77. The zero-order valence-electron chi connectivity index (χ0n) is 11.6. The Hall–Kier alpha value is -2.50. The number of ether oxygens (including phenoxy) is 1. The van der Waals surface area contributed by atoms with E-state index in [1.807, 2.05) is 48.6 Å². The van der Waals surface area contributed by atoms with E-state index in [0.29, 0.717) is 10.6 Å². The molecule has 0 aliphatic carbocycles. The van der Waals surface area contributed by atoms with Gasteiger partial charge in [-0.2, -0.15) is 5.26 Å². The van der Waals surface area contributed by atoms with Gasteiger partial charge >= 0.3 is 0 Å². The first kappa shape index (κ1) is 14.9. The molecule has 2 aromatic rings. The zero-order valence-corrected chi connectivity index (χ0v) is 12.3. The highest BCUT2D eigenvalue weighted by molar-refractivity contribution is 6.30. The minimum atomic E-state index is 0.594. The maximum absolute atomic E-state index is 9.21. The van der Waals surface area contributed by atoms with Crippen molar-refractivity contribution in [3.8, 4) is 11.8 Å². The number of hydrogen-bond acceptors (Lipinski definition) is 2. The standard InChI is InChI=1S/C18H14ClNO/c1-21-18-11-5-14(6-12-18)3-2-4-16(13-20)15-7-9-17(19)10-8-15/h2-12H,1H3. The second kappa shape index (κ2) is 7.33. The Morgan fingerprint density at radius 3 is 2.33 bits per heavy atom. The number of methoxy groups -OCH3 is 1. The molecule has 0 aliphatic rings. The van der Waals surface area contributed by atoms with Gasteiger partial charge in [0.25, 0.3) is 0 Å². The monoisotopic (exact) mass is 295 g/mol. The van der Waals surface area contributed by atoms with E-state index in [2.05, 4.69) is 6.07 Å². The number of halogens is 1. The number of rotatable bonds is 4. The summed E-state index contributed by atoms with van der Waals surface area (Å²) >= 11 is 5.84. The summed E-state index contributed by atoms with van der Waals surface area (Å²) < 4.78 is 5.11. The van der Waals surface area contributed by atoms with Crippen LogP contribution >= 0.6 is 11.6 Å². The van der Waals surface area contributed by atoms with Gasteiger partial charge in [0.05, 0.1) is 18.8 Å². The Kier molecular flexibility index (Phi) is 5.20. The van der Waals surface area contributed by atoms with Gasteiger partial charge in [0, 0.05) is 5.02 Å². The molecule has 0 aliphatic heterocycles. The van der Waals surface area contributed by atoms with Crippen molar-refractivity contribution in [3.63, 3.8) is 0 Å². The highest BCUT2D eigenvalue weighted by atomic mass is 35.5. The zero-order chi connectivity index (χ0) is 15.1. The SMILES string of the molecule is COc1ccc(C=CC=C(C#N)c2ccc(Cl)cc2)cc1. The fourth-order valence-corrected chi connectivity index (χ4v) is 1.92. The minimum absolute atomic E-state index is 0.594. The molecule has 0 saturated carbocycles. The summed E-state index contributed by atoms with van der Waals surface area (Å²) in [7, 11) is 1.64. The molecule has 0 heterocycles. The number of nitriles is 1. The topological polar surface area (TPSA) is 33.0 Å². The van der Waals surface area contributed by atoms with Crippen molar-refractivity contribution in [3.05, 3.63) is 76.8 Å². The van der Waals surface area contributed by atoms with Crippen molar-refractivity contribution >= 4 is 23.3 Å². The highest BCUT2D eigenvalue weighted by Crippen LogP contribution is 2.18. The predicted molar refractivity (Wildman–Crippen MR) is 87.1 cm³/mol. The third-order valence-corrected chi connectivity index (χ3v) is 3.20. The summed E-state index contributed by atoms with van der Waals surface area (Å²) in [5.41, 5.74) is 2.48. The van der Waals surface area contributed by atoms with Crippen LogP contribution in [0.25, 0.3) is 11.6 Å². The highest BCUT2D eigenvalue weighted by Gasteiger charge is 1.98. The number of hydrogen-bond donors (Lipinski definition) is 0. The van der Waals surface area contributed by atoms with Gasteiger partial charge in [-0.3, -0.25) is 0 Å². The summed E-state index contributed by atoms with van der Waals surface area (Å²) in [4.78, 5) is 0. The molecule has 0 amide bonds. The van der Waals surface area contributed by atoms with Crippen LogP contribution in [0.2, 0.25) is 5.02 Å². The molecular formula is C18H14ClNO. The first-order valence-corrected chi connectivity index (χ1v) is 6.79.